The van der Waals surface area contributed by atoms with E-state index in [2.05, 4.69) is 10.6 Å². The first kappa shape index (κ1) is 21.4. The van der Waals surface area contributed by atoms with Gasteiger partial charge in [-0.15, -0.1) is 0 Å². The van der Waals surface area contributed by atoms with Gasteiger partial charge in [-0.05, 0) is 0 Å². The predicted octanol–water partition coefficient (Wildman–Crippen LogP) is -5.68. The van der Waals surface area contributed by atoms with Crippen molar-refractivity contribution in [1.29, 1.82) is 0 Å². The van der Waals surface area contributed by atoms with Crippen LogP contribution in [0.15, 0.2) is 0 Å². The Bertz CT molecular complexity index is 481. The zero-order valence-corrected chi connectivity index (χ0v) is 14.0. The standard InChI is InChI=1S/C14H26N2O10/c1-4(19)15-7-9(21)8(20)6(3-18)25-14(7)26-12-5(2-17)16-13(24)11(23)10(12)22/h5-14,16-18,20-24H,2-3H2,1H3,(H,15,19)/t5-,6-,7-,8-,9-,10-,11-,12-,13?,14+/m1/s1. The minimum atomic E-state index is -1.63. The van der Waals surface area contributed by atoms with Crippen molar-refractivity contribution in [3.8, 4) is 0 Å². The molecule has 0 aromatic carbocycles. The quantitative estimate of drug-likeness (QED) is 0.219. The highest BCUT2D eigenvalue weighted by Crippen LogP contribution is 2.26. The van der Waals surface area contributed by atoms with Gasteiger partial charge in [-0.1, -0.05) is 0 Å². The SMILES string of the molecule is CC(=O)N[C@H]1[C@H](O[C@H]2[C@H](O)[C@@H](O)C(O)N[C@@H]2CO)O[C@H](CO)[C@@H](O)[C@@H]1O. The van der Waals surface area contributed by atoms with Crippen LogP contribution in [0.2, 0.25) is 0 Å². The fourth-order valence-corrected chi connectivity index (χ4v) is 3.11. The van der Waals surface area contributed by atoms with Crippen molar-refractivity contribution in [2.24, 2.45) is 0 Å². The van der Waals surface area contributed by atoms with Crippen molar-refractivity contribution in [2.75, 3.05) is 13.2 Å². The van der Waals surface area contributed by atoms with Crippen LogP contribution in [0.4, 0.5) is 0 Å². The van der Waals surface area contributed by atoms with Gasteiger partial charge in [0.15, 0.2) is 6.29 Å². The second kappa shape index (κ2) is 8.84. The van der Waals surface area contributed by atoms with Crippen LogP contribution in [0.1, 0.15) is 6.92 Å². The predicted molar refractivity (Wildman–Crippen MR) is 82.3 cm³/mol. The first-order chi connectivity index (χ1) is 12.2. The summed E-state index contributed by atoms with van der Waals surface area (Å²) in [7, 11) is 0. The monoisotopic (exact) mass is 382 g/mol. The summed E-state index contributed by atoms with van der Waals surface area (Å²) in [6.45, 7) is -0.0549. The molecule has 26 heavy (non-hydrogen) atoms. The van der Waals surface area contributed by atoms with Crippen molar-refractivity contribution in [2.45, 2.75) is 68.1 Å². The van der Waals surface area contributed by atoms with Gasteiger partial charge in [-0.25, -0.2) is 0 Å². The second-order valence-corrected chi connectivity index (χ2v) is 6.42. The largest absolute Gasteiger partial charge is 0.395 e. The van der Waals surface area contributed by atoms with Crippen molar-refractivity contribution in [1.82, 2.24) is 10.6 Å². The molecule has 2 aliphatic rings. The Morgan fingerprint density at radius 3 is 2.23 bits per heavy atom. The van der Waals surface area contributed by atoms with Gasteiger partial charge in [0.1, 0.15) is 48.9 Å². The number of aliphatic hydroxyl groups excluding tert-OH is 7. The molecule has 2 fully saturated rings. The molecule has 1 unspecified atom stereocenters. The highest BCUT2D eigenvalue weighted by Gasteiger charge is 2.50. The molecule has 12 heteroatoms. The Labute approximate surface area is 149 Å². The van der Waals surface area contributed by atoms with Gasteiger partial charge in [-0.2, -0.15) is 0 Å². The Kier molecular flexibility index (Phi) is 7.27. The van der Waals surface area contributed by atoms with Gasteiger partial charge in [0, 0.05) is 6.92 Å². The first-order valence-electron chi connectivity index (χ1n) is 8.17. The molecule has 1 amide bonds. The molecule has 0 bridgehead atoms. The van der Waals surface area contributed by atoms with Crippen molar-refractivity contribution in [3.63, 3.8) is 0 Å². The van der Waals surface area contributed by atoms with E-state index in [0.29, 0.717) is 0 Å². The highest BCUT2D eigenvalue weighted by molar-refractivity contribution is 5.73. The van der Waals surface area contributed by atoms with E-state index in [1.54, 1.807) is 0 Å². The smallest absolute Gasteiger partial charge is 0.217 e. The normalized spacial score (nSPS) is 46.8. The summed E-state index contributed by atoms with van der Waals surface area (Å²) in [5, 5.41) is 73.3. The van der Waals surface area contributed by atoms with E-state index < -0.39 is 80.3 Å². The molecule has 10 atom stereocenters. The molecule has 0 aromatic heterocycles. The van der Waals surface area contributed by atoms with Crippen LogP contribution in [-0.2, 0) is 14.3 Å². The lowest BCUT2D eigenvalue weighted by molar-refractivity contribution is -0.303. The van der Waals surface area contributed by atoms with Gasteiger partial charge < -0.3 is 50.5 Å². The number of aliphatic hydroxyl groups is 7. The maximum atomic E-state index is 11.4. The lowest BCUT2D eigenvalue weighted by atomic mass is 9.93. The van der Waals surface area contributed by atoms with Crippen LogP contribution in [0.25, 0.3) is 0 Å². The molecule has 2 heterocycles. The van der Waals surface area contributed by atoms with Crippen molar-refractivity contribution >= 4 is 5.91 Å². The van der Waals surface area contributed by atoms with Gasteiger partial charge in [0.05, 0.1) is 19.3 Å². The number of nitrogens with one attached hydrogen (secondary N) is 2. The Morgan fingerprint density at radius 1 is 1.04 bits per heavy atom. The third-order valence-electron chi connectivity index (χ3n) is 4.53. The minimum Gasteiger partial charge on any atom is -0.395 e. The number of hydrogen-bond donors (Lipinski definition) is 9. The van der Waals surface area contributed by atoms with E-state index in [1.807, 2.05) is 0 Å². The molecule has 0 spiro atoms. The average Bonchev–Trinajstić information content (AvgIpc) is 2.60. The van der Waals surface area contributed by atoms with E-state index in [-0.39, 0.29) is 0 Å². The summed E-state index contributed by atoms with van der Waals surface area (Å²) in [5.41, 5.74) is 0. The topological polar surface area (TPSA) is 201 Å². The molecule has 2 aliphatic heterocycles. The van der Waals surface area contributed by atoms with Crippen LogP contribution in [0, 0.1) is 0 Å². The molecular weight excluding hydrogens is 356 g/mol. The number of ether oxygens (including phenoxy) is 2. The Balaban J connectivity index is 2.22. The Morgan fingerprint density at radius 2 is 1.69 bits per heavy atom. The van der Waals surface area contributed by atoms with E-state index in [1.165, 1.54) is 6.92 Å². The van der Waals surface area contributed by atoms with Crippen LogP contribution in [-0.4, -0.2) is 116 Å². The highest BCUT2D eigenvalue weighted by atomic mass is 16.7. The van der Waals surface area contributed by atoms with Gasteiger partial charge >= 0.3 is 0 Å². The lowest BCUT2D eigenvalue weighted by Gasteiger charge is -2.47. The van der Waals surface area contributed by atoms with E-state index in [9.17, 15) is 40.5 Å². The van der Waals surface area contributed by atoms with Gasteiger partial charge in [0.25, 0.3) is 0 Å². The van der Waals surface area contributed by atoms with Crippen molar-refractivity contribution in [3.05, 3.63) is 0 Å². The zero-order chi connectivity index (χ0) is 19.6. The summed E-state index contributed by atoms with van der Waals surface area (Å²) in [6, 6.07) is -2.25. The number of amides is 1. The molecule has 152 valence electrons. The third kappa shape index (κ3) is 4.31. The zero-order valence-electron chi connectivity index (χ0n) is 14.0. The maximum absolute atomic E-state index is 11.4. The van der Waals surface area contributed by atoms with Crippen molar-refractivity contribution < 1.29 is 50.0 Å². The molecule has 0 saturated carbocycles. The number of carbonyl (C=O) groups excluding carboxylic acids is 1. The number of piperidine rings is 1. The van der Waals surface area contributed by atoms with E-state index in [4.69, 9.17) is 9.47 Å². The van der Waals surface area contributed by atoms with Crippen LogP contribution in [0.3, 0.4) is 0 Å². The molecule has 2 saturated heterocycles. The van der Waals surface area contributed by atoms with Crippen LogP contribution >= 0.6 is 0 Å². The van der Waals surface area contributed by atoms with Gasteiger partial charge in [-0.3, -0.25) is 10.1 Å². The summed E-state index contributed by atoms with van der Waals surface area (Å²) in [6.07, 6.45) is -11.8. The van der Waals surface area contributed by atoms with E-state index >= 15 is 0 Å². The van der Waals surface area contributed by atoms with Crippen LogP contribution in [0.5, 0.6) is 0 Å². The number of rotatable bonds is 5. The molecule has 2 rings (SSSR count). The lowest BCUT2D eigenvalue weighted by Crippen LogP contribution is -2.70. The second-order valence-electron chi connectivity index (χ2n) is 6.42. The fourth-order valence-electron chi connectivity index (χ4n) is 3.11. The molecule has 0 aliphatic carbocycles. The summed E-state index contributed by atoms with van der Waals surface area (Å²) >= 11 is 0. The number of carbonyl (C=O) groups is 1. The average molecular weight is 382 g/mol. The van der Waals surface area contributed by atoms with E-state index in [0.717, 1.165) is 0 Å². The summed E-state index contributed by atoms with van der Waals surface area (Å²) in [4.78, 5) is 11.4. The molecule has 0 radical (unpaired) electrons. The Hall–Kier alpha value is -0.930. The first-order valence-corrected chi connectivity index (χ1v) is 8.17. The van der Waals surface area contributed by atoms with Crippen LogP contribution < -0.4 is 10.6 Å². The van der Waals surface area contributed by atoms with Gasteiger partial charge in [0.2, 0.25) is 5.91 Å². The maximum Gasteiger partial charge on any atom is 0.217 e. The summed E-state index contributed by atoms with van der Waals surface area (Å²) in [5.74, 6) is -0.558. The molecular formula is C14H26N2O10. The molecule has 12 nitrogen and oxygen atoms in total. The summed E-state index contributed by atoms with van der Waals surface area (Å²) < 4.78 is 10.9. The molecule has 0 aromatic rings. The third-order valence-corrected chi connectivity index (χ3v) is 4.53. The molecule has 9 N–H and O–H groups in total. The minimum absolute atomic E-state index is 0.558. The fraction of sp³-hybridized carbons (Fsp3) is 0.929. The number of hydrogen-bond acceptors (Lipinski definition) is 11.